The summed E-state index contributed by atoms with van der Waals surface area (Å²) in [4.78, 5) is 18.9. The number of anilines is 3. The van der Waals surface area contributed by atoms with Crippen molar-refractivity contribution in [1.82, 2.24) is 15.2 Å². The lowest BCUT2D eigenvalue weighted by molar-refractivity contribution is 0.122. The maximum Gasteiger partial charge on any atom is 0.323 e. The van der Waals surface area contributed by atoms with Crippen LogP contribution in [0.4, 0.5) is 26.2 Å². The Labute approximate surface area is 211 Å². The Bertz CT molecular complexity index is 1360. The van der Waals surface area contributed by atoms with Gasteiger partial charge in [-0.25, -0.2) is 9.18 Å². The van der Waals surface area contributed by atoms with E-state index in [1.165, 1.54) is 12.1 Å². The Kier molecular flexibility index (Phi) is 6.96. The predicted octanol–water partition coefficient (Wildman–Crippen LogP) is 5.54. The minimum atomic E-state index is -0.646. The van der Waals surface area contributed by atoms with Gasteiger partial charge in [0.1, 0.15) is 17.3 Å². The highest BCUT2D eigenvalue weighted by molar-refractivity contribution is 6.31. The van der Waals surface area contributed by atoms with Gasteiger partial charge in [0.05, 0.1) is 30.8 Å². The molecule has 3 N–H and O–H groups in total. The first-order valence-corrected chi connectivity index (χ1v) is 11.6. The Morgan fingerprint density at radius 1 is 1.08 bits per heavy atom. The van der Waals surface area contributed by atoms with E-state index in [1.54, 1.807) is 42.9 Å². The van der Waals surface area contributed by atoms with Crippen molar-refractivity contribution < 1.29 is 18.7 Å². The molecule has 0 atom stereocenters. The number of hydrogen-bond donors (Lipinski definition) is 3. The number of pyridine rings is 1. The van der Waals surface area contributed by atoms with Gasteiger partial charge in [-0.2, -0.15) is 5.10 Å². The van der Waals surface area contributed by atoms with E-state index in [0.717, 1.165) is 24.3 Å². The Hall–Kier alpha value is -4.15. The van der Waals surface area contributed by atoms with E-state index in [1.807, 2.05) is 12.1 Å². The summed E-state index contributed by atoms with van der Waals surface area (Å²) in [5.74, 6) is 0.107. The number of carbonyl (C=O) groups is 1. The summed E-state index contributed by atoms with van der Waals surface area (Å²) in [6, 6.07) is 12.2. The van der Waals surface area contributed by atoms with Crippen LogP contribution in [-0.4, -0.2) is 47.5 Å². The number of hydrogen-bond acceptors (Lipinski definition) is 6. The first kappa shape index (κ1) is 23.6. The van der Waals surface area contributed by atoms with Crippen molar-refractivity contribution in [3.63, 3.8) is 0 Å². The third-order valence-corrected chi connectivity index (χ3v) is 5.68. The van der Waals surface area contributed by atoms with Crippen molar-refractivity contribution in [1.29, 1.82) is 0 Å². The molecule has 5 rings (SSSR count). The van der Waals surface area contributed by atoms with E-state index >= 15 is 0 Å². The zero-order chi connectivity index (χ0) is 24.9. The van der Waals surface area contributed by atoms with Gasteiger partial charge in [0, 0.05) is 59.6 Å². The molecule has 0 saturated carbocycles. The summed E-state index contributed by atoms with van der Waals surface area (Å²) in [6.45, 7) is 2.72. The van der Waals surface area contributed by atoms with Crippen LogP contribution in [0.15, 0.2) is 67.1 Å². The fourth-order valence-electron chi connectivity index (χ4n) is 3.76. The van der Waals surface area contributed by atoms with Crippen LogP contribution in [0.1, 0.15) is 0 Å². The SMILES string of the molecule is O=C(Nc1cc(Cl)cc(N2CCOCC2)c1)Nc1ccc(Oc2ccnc(-c3cn[nH]c3)c2)cc1F. The largest absolute Gasteiger partial charge is 0.457 e. The molecule has 2 aromatic carbocycles. The molecule has 0 radical (unpaired) electrons. The van der Waals surface area contributed by atoms with E-state index in [-0.39, 0.29) is 11.4 Å². The molecule has 0 spiro atoms. The number of aromatic nitrogens is 3. The van der Waals surface area contributed by atoms with Gasteiger partial charge >= 0.3 is 6.03 Å². The molecule has 3 heterocycles. The molecule has 1 aliphatic heterocycles. The highest BCUT2D eigenvalue weighted by atomic mass is 35.5. The van der Waals surface area contributed by atoms with Crippen molar-refractivity contribution in [2.75, 3.05) is 41.8 Å². The second kappa shape index (κ2) is 10.6. The standard InChI is InChI=1S/C25H22ClFN6O3/c26-17-9-18(11-19(10-17)33-5-7-35-8-6-33)31-25(34)32-23-2-1-20(12-22(23)27)36-21-3-4-28-24(13-21)16-14-29-30-15-16/h1-4,9-15H,5-8H2,(H,29,30)(H2,31,32,34). The zero-order valence-electron chi connectivity index (χ0n) is 19.0. The van der Waals surface area contributed by atoms with Crippen molar-refractivity contribution in [2.45, 2.75) is 0 Å². The van der Waals surface area contributed by atoms with Crippen LogP contribution in [0.2, 0.25) is 5.02 Å². The maximum absolute atomic E-state index is 14.7. The Balaban J connectivity index is 1.23. The maximum atomic E-state index is 14.7. The van der Waals surface area contributed by atoms with Crippen LogP contribution in [0.25, 0.3) is 11.3 Å². The number of nitrogens with zero attached hydrogens (tertiary/aromatic N) is 3. The number of morpholine rings is 1. The molecule has 2 aromatic heterocycles. The van der Waals surface area contributed by atoms with Crippen LogP contribution in [0.5, 0.6) is 11.5 Å². The topological polar surface area (TPSA) is 104 Å². The quantitative estimate of drug-likeness (QED) is 0.316. The molecule has 1 fully saturated rings. The summed E-state index contributed by atoms with van der Waals surface area (Å²) < 4.78 is 25.9. The van der Waals surface area contributed by atoms with Gasteiger partial charge in [-0.15, -0.1) is 0 Å². The lowest BCUT2D eigenvalue weighted by Crippen LogP contribution is -2.36. The summed E-state index contributed by atoms with van der Waals surface area (Å²) in [6.07, 6.45) is 4.95. The molecule has 4 aromatic rings. The van der Waals surface area contributed by atoms with E-state index in [2.05, 4.69) is 30.7 Å². The predicted molar refractivity (Wildman–Crippen MR) is 135 cm³/mol. The van der Waals surface area contributed by atoms with Gasteiger partial charge in [-0.1, -0.05) is 11.6 Å². The molecule has 0 aliphatic carbocycles. The second-order valence-electron chi connectivity index (χ2n) is 7.98. The summed E-state index contributed by atoms with van der Waals surface area (Å²) in [5, 5.41) is 12.3. The van der Waals surface area contributed by atoms with Gasteiger partial charge < -0.3 is 25.0 Å². The third kappa shape index (κ3) is 5.73. The normalized spacial score (nSPS) is 13.3. The average molecular weight is 509 g/mol. The first-order chi connectivity index (χ1) is 17.5. The number of amides is 2. The second-order valence-corrected chi connectivity index (χ2v) is 8.42. The number of urea groups is 1. The highest BCUT2D eigenvalue weighted by Gasteiger charge is 2.14. The van der Waals surface area contributed by atoms with Crippen LogP contribution in [-0.2, 0) is 4.74 Å². The molecule has 2 amide bonds. The van der Waals surface area contributed by atoms with Gasteiger partial charge in [0.15, 0.2) is 0 Å². The van der Waals surface area contributed by atoms with Gasteiger partial charge in [-0.05, 0) is 36.4 Å². The smallest absolute Gasteiger partial charge is 0.323 e. The molecule has 9 nitrogen and oxygen atoms in total. The fourth-order valence-corrected chi connectivity index (χ4v) is 3.98. The minimum Gasteiger partial charge on any atom is -0.457 e. The highest BCUT2D eigenvalue weighted by Crippen LogP contribution is 2.29. The Morgan fingerprint density at radius 2 is 1.92 bits per heavy atom. The number of ether oxygens (including phenoxy) is 2. The minimum absolute atomic E-state index is 0.00379. The molecule has 0 bridgehead atoms. The molecule has 184 valence electrons. The van der Waals surface area contributed by atoms with E-state index in [4.69, 9.17) is 21.1 Å². The molecule has 1 saturated heterocycles. The fraction of sp³-hybridized carbons (Fsp3) is 0.160. The molecule has 11 heteroatoms. The number of carbonyl (C=O) groups excluding carboxylic acids is 1. The summed E-state index contributed by atoms with van der Waals surface area (Å²) in [5.41, 5.74) is 2.83. The van der Waals surface area contributed by atoms with Crippen LogP contribution in [0, 0.1) is 5.82 Å². The molecule has 0 unspecified atom stereocenters. The third-order valence-electron chi connectivity index (χ3n) is 5.47. The van der Waals surface area contributed by atoms with E-state index < -0.39 is 11.8 Å². The Morgan fingerprint density at radius 3 is 2.69 bits per heavy atom. The van der Waals surface area contributed by atoms with Gasteiger partial charge in [0.2, 0.25) is 0 Å². The van der Waals surface area contributed by atoms with Crippen LogP contribution < -0.4 is 20.3 Å². The number of nitrogens with one attached hydrogen (secondary N) is 3. The van der Waals surface area contributed by atoms with E-state index in [0.29, 0.717) is 35.4 Å². The van der Waals surface area contributed by atoms with Gasteiger partial charge in [-0.3, -0.25) is 10.1 Å². The average Bonchev–Trinajstić information content (AvgIpc) is 3.41. The van der Waals surface area contributed by atoms with Crippen molar-refractivity contribution in [3.05, 3.63) is 78.0 Å². The lowest BCUT2D eigenvalue weighted by atomic mass is 10.2. The summed E-state index contributed by atoms with van der Waals surface area (Å²) in [7, 11) is 0. The number of rotatable bonds is 6. The number of benzene rings is 2. The van der Waals surface area contributed by atoms with Gasteiger partial charge in [0.25, 0.3) is 0 Å². The molecule has 36 heavy (non-hydrogen) atoms. The molecule has 1 aliphatic rings. The van der Waals surface area contributed by atoms with Crippen LogP contribution >= 0.6 is 11.6 Å². The lowest BCUT2D eigenvalue weighted by Gasteiger charge is -2.29. The van der Waals surface area contributed by atoms with Crippen molar-refractivity contribution in [3.8, 4) is 22.8 Å². The van der Waals surface area contributed by atoms with Crippen LogP contribution in [0.3, 0.4) is 0 Å². The number of H-pyrrole nitrogens is 1. The molecular weight excluding hydrogens is 487 g/mol. The number of aromatic amines is 1. The first-order valence-electron chi connectivity index (χ1n) is 11.2. The van der Waals surface area contributed by atoms with Crippen molar-refractivity contribution >= 4 is 34.7 Å². The zero-order valence-corrected chi connectivity index (χ0v) is 19.8. The summed E-state index contributed by atoms with van der Waals surface area (Å²) >= 11 is 6.25. The van der Waals surface area contributed by atoms with E-state index in [9.17, 15) is 9.18 Å². The molecular formula is C25H22ClFN6O3. The van der Waals surface area contributed by atoms with Crippen molar-refractivity contribution in [2.24, 2.45) is 0 Å². The number of halogens is 2. The monoisotopic (exact) mass is 508 g/mol.